The fourth-order valence-corrected chi connectivity index (χ4v) is 3.34. The summed E-state index contributed by atoms with van der Waals surface area (Å²) in [5.74, 6) is 0. The molecule has 0 radical (unpaired) electrons. The van der Waals surface area contributed by atoms with Gasteiger partial charge in [0.2, 0.25) is 10.0 Å². The molecule has 2 aromatic rings. The summed E-state index contributed by atoms with van der Waals surface area (Å²) in [5.41, 5.74) is 6.83. The average Bonchev–Trinajstić information content (AvgIpc) is 2.46. The number of nitrogens with two attached hydrogens (primary N) is 1. The Morgan fingerprint density at radius 1 is 1.05 bits per heavy atom. The summed E-state index contributed by atoms with van der Waals surface area (Å²) in [7, 11) is -3.66. The van der Waals surface area contributed by atoms with Crippen LogP contribution in [-0.2, 0) is 10.0 Å². The Kier molecular flexibility index (Phi) is 4.77. The van der Waals surface area contributed by atoms with E-state index < -0.39 is 16.1 Å². The molecule has 2 rings (SSSR count). The lowest BCUT2D eigenvalue weighted by Gasteiger charge is -2.14. The van der Waals surface area contributed by atoms with Crippen LogP contribution >= 0.6 is 11.6 Å². The van der Waals surface area contributed by atoms with E-state index in [0.717, 1.165) is 5.56 Å². The summed E-state index contributed by atoms with van der Waals surface area (Å²) < 4.78 is 26.8. The fourth-order valence-electron chi connectivity index (χ4n) is 1.76. The maximum atomic E-state index is 12.1. The first-order valence-electron chi connectivity index (χ1n) is 6.05. The summed E-state index contributed by atoms with van der Waals surface area (Å²) in [6.07, 6.45) is 0. The second kappa shape index (κ2) is 6.37. The predicted molar refractivity (Wildman–Crippen MR) is 80.0 cm³/mol. The van der Waals surface area contributed by atoms with E-state index in [9.17, 15) is 8.42 Å². The zero-order valence-corrected chi connectivity index (χ0v) is 12.2. The van der Waals surface area contributed by atoms with E-state index in [1.54, 1.807) is 12.1 Å². The molecule has 3 N–H and O–H groups in total. The van der Waals surface area contributed by atoms with Gasteiger partial charge in [-0.05, 0) is 17.7 Å². The van der Waals surface area contributed by atoms with Crippen molar-refractivity contribution < 1.29 is 8.42 Å². The standard InChI is InChI=1S/C14H15ClN2O2S/c15-12-8-4-5-9-14(12)20(18,19)17-10-13(16)11-6-2-1-3-7-11/h1-9,13,17H,10,16H2. The number of rotatable bonds is 5. The summed E-state index contributed by atoms with van der Waals surface area (Å²) in [6, 6.07) is 15.2. The Morgan fingerprint density at radius 2 is 1.65 bits per heavy atom. The van der Waals surface area contributed by atoms with Gasteiger partial charge in [0.05, 0.1) is 5.02 Å². The van der Waals surface area contributed by atoms with Crippen molar-refractivity contribution in [1.29, 1.82) is 0 Å². The van der Waals surface area contributed by atoms with Crippen molar-refractivity contribution in [2.75, 3.05) is 6.54 Å². The highest BCUT2D eigenvalue weighted by molar-refractivity contribution is 7.89. The maximum absolute atomic E-state index is 12.1. The van der Waals surface area contributed by atoms with Crippen LogP contribution in [0.4, 0.5) is 0 Å². The number of hydrogen-bond donors (Lipinski definition) is 2. The molecule has 0 aliphatic rings. The third kappa shape index (κ3) is 3.58. The van der Waals surface area contributed by atoms with Gasteiger partial charge in [0.25, 0.3) is 0 Å². The molecule has 0 saturated heterocycles. The molecule has 20 heavy (non-hydrogen) atoms. The quantitative estimate of drug-likeness (QED) is 0.890. The van der Waals surface area contributed by atoms with E-state index >= 15 is 0 Å². The maximum Gasteiger partial charge on any atom is 0.242 e. The summed E-state index contributed by atoms with van der Waals surface area (Å²) in [5, 5.41) is 0.188. The Morgan fingerprint density at radius 3 is 2.30 bits per heavy atom. The molecule has 0 spiro atoms. The van der Waals surface area contributed by atoms with Crippen LogP contribution < -0.4 is 10.5 Å². The minimum absolute atomic E-state index is 0.0573. The highest BCUT2D eigenvalue weighted by Crippen LogP contribution is 2.20. The lowest BCUT2D eigenvalue weighted by atomic mass is 10.1. The normalized spacial score (nSPS) is 13.1. The SMILES string of the molecule is NC(CNS(=O)(=O)c1ccccc1Cl)c1ccccc1. The van der Waals surface area contributed by atoms with Crippen molar-refractivity contribution in [3.63, 3.8) is 0 Å². The number of nitrogens with one attached hydrogen (secondary N) is 1. The molecule has 0 heterocycles. The molecule has 1 atom stereocenters. The Bertz CT molecular complexity index is 675. The Hall–Kier alpha value is -1.40. The number of halogens is 1. The monoisotopic (exact) mass is 310 g/mol. The van der Waals surface area contributed by atoms with Gasteiger partial charge in [-0.25, -0.2) is 13.1 Å². The van der Waals surface area contributed by atoms with Crippen LogP contribution in [0.3, 0.4) is 0 Å². The predicted octanol–water partition coefficient (Wildman–Crippen LogP) is 2.32. The molecule has 0 aliphatic carbocycles. The van der Waals surface area contributed by atoms with Crippen LogP contribution in [0.25, 0.3) is 0 Å². The van der Waals surface area contributed by atoms with Crippen molar-refractivity contribution >= 4 is 21.6 Å². The van der Waals surface area contributed by atoms with Gasteiger partial charge in [0.1, 0.15) is 4.90 Å². The third-order valence-corrected chi connectivity index (χ3v) is 4.77. The average molecular weight is 311 g/mol. The third-order valence-electron chi connectivity index (χ3n) is 2.85. The van der Waals surface area contributed by atoms with Crippen LogP contribution in [0.2, 0.25) is 5.02 Å². The van der Waals surface area contributed by atoms with Crippen LogP contribution in [0.5, 0.6) is 0 Å². The van der Waals surface area contributed by atoms with E-state index in [0.29, 0.717) is 0 Å². The molecule has 0 aliphatic heterocycles. The molecule has 4 nitrogen and oxygen atoms in total. The van der Waals surface area contributed by atoms with Crippen LogP contribution in [0, 0.1) is 0 Å². The summed E-state index contributed by atoms with van der Waals surface area (Å²) in [6.45, 7) is 0.109. The van der Waals surface area contributed by atoms with Crippen LogP contribution in [-0.4, -0.2) is 15.0 Å². The van der Waals surface area contributed by atoms with Crippen molar-refractivity contribution in [2.24, 2.45) is 5.73 Å². The van der Waals surface area contributed by atoms with E-state index in [1.165, 1.54) is 12.1 Å². The van der Waals surface area contributed by atoms with Crippen LogP contribution in [0.15, 0.2) is 59.5 Å². The first-order chi connectivity index (χ1) is 9.50. The lowest BCUT2D eigenvalue weighted by molar-refractivity contribution is 0.572. The first kappa shape index (κ1) is 15.0. The van der Waals surface area contributed by atoms with Crippen molar-refractivity contribution in [2.45, 2.75) is 10.9 Å². The zero-order chi connectivity index (χ0) is 14.6. The zero-order valence-electron chi connectivity index (χ0n) is 10.7. The molecule has 0 fully saturated rings. The highest BCUT2D eigenvalue weighted by atomic mass is 35.5. The number of hydrogen-bond acceptors (Lipinski definition) is 3. The van der Waals surface area contributed by atoms with Gasteiger partial charge in [-0.3, -0.25) is 0 Å². The van der Waals surface area contributed by atoms with Gasteiger partial charge in [-0.15, -0.1) is 0 Å². The molecule has 2 aromatic carbocycles. The van der Waals surface area contributed by atoms with Crippen LogP contribution in [0.1, 0.15) is 11.6 Å². The molecule has 0 amide bonds. The first-order valence-corrected chi connectivity index (χ1v) is 7.91. The topological polar surface area (TPSA) is 72.2 Å². The molecule has 106 valence electrons. The second-order valence-electron chi connectivity index (χ2n) is 4.30. The molecule has 0 bridgehead atoms. The van der Waals surface area contributed by atoms with E-state index in [1.807, 2.05) is 30.3 Å². The smallest absolute Gasteiger partial charge is 0.242 e. The van der Waals surface area contributed by atoms with E-state index in [-0.39, 0.29) is 16.5 Å². The highest BCUT2D eigenvalue weighted by Gasteiger charge is 2.18. The van der Waals surface area contributed by atoms with E-state index in [4.69, 9.17) is 17.3 Å². The molecule has 6 heteroatoms. The fraction of sp³-hybridized carbons (Fsp3) is 0.143. The number of benzene rings is 2. The minimum Gasteiger partial charge on any atom is -0.323 e. The minimum atomic E-state index is -3.66. The second-order valence-corrected chi connectivity index (χ2v) is 6.44. The summed E-state index contributed by atoms with van der Waals surface area (Å²) in [4.78, 5) is 0.0573. The van der Waals surface area contributed by atoms with Gasteiger partial charge in [0.15, 0.2) is 0 Å². The lowest BCUT2D eigenvalue weighted by Crippen LogP contribution is -2.32. The van der Waals surface area contributed by atoms with Gasteiger partial charge >= 0.3 is 0 Å². The van der Waals surface area contributed by atoms with Crippen molar-refractivity contribution in [1.82, 2.24) is 4.72 Å². The molecular weight excluding hydrogens is 296 g/mol. The number of sulfonamides is 1. The largest absolute Gasteiger partial charge is 0.323 e. The summed E-state index contributed by atoms with van der Waals surface area (Å²) >= 11 is 5.89. The van der Waals surface area contributed by atoms with Gasteiger partial charge in [0, 0.05) is 12.6 Å². The molecule has 1 unspecified atom stereocenters. The molecular formula is C14H15ClN2O2S. The Labute approximate surface area is 123 Å². The van der Waals surface area contributed by atoms with Crippen molar-refractivity contribution in [3.8, 4) is 0 Å². The van der Waals surface area contributed by atoms with Crippen molar-refractivity contribution in [3.05, 3.63) is 65.2 Å². The molecule has 0 saturated carbocycles. The molecule has 0 aromatic heterocycles. The van der Waals surface area contributed by atoms with Gasteiger partial charge in [-0.2, -0.15) is 0 Å². The van der Waals surface area contributed by atoms with E-state index in [2.05, 4.69) is 4.72 Å². The van der Waals surface area contributed by atoms with Gasteiger partial charge in [-0.1, -0.05) is 54.1 Å². The Balaban J connectivity index is 2.09. The van der Waals surface area contributed by atoms with Gasteiger partial charge < -0.3 is 5.73 Å².